The lowest BCUT2D eigenvalue weighted by atomic mass is 9.87. The average Bonchev–Trinajstić information content (AvgIpc) is 3.32. The summed E-state index contributed by atoms with van der Waals surface area (Å²) in [6.07, 6.45) is 5.88. The molecule has 182 valence electrons. The van der Waals surface area contributed by atoms with Gasteiger partial charge < -0.3 is 10.0 Å². The third-order valence-electron chi connectivity index (χ3n) is 7.86. The first kappa shape index (κ1) is 23.6. The highest BCUT2D eigenvalue weighted by Crippen LogP contribution is 2.36. The molecule has 1 saturated heterocycles. The number of benzene rings is 3. The molecular formula is C31H36N2O2. The Balaban J connectivity index is 1.41. The zero-order chi connectivity index (χ0) is 24.0. The topological polar surface area (TPSA) is 43.8 Å². The van der Waals surface area contributed by atoms with Crippen LogP contribution in [0.3, 0.4) is 0 Å². The van der Waals surface area contributed by atoms with E-state index in [-0.39, 0.29) is 5.91 Å². The zero-order valence-electron chi connectivity index (χ0n) is 20.4. The van der Waals surface area contributed by atoms with E-state index in [9.17, 15) is 9.90 Å². The van der Waals surface area contributed by atoms with Gasteiger partial charge in [0.15, 0.2) is 0 Å². The Bertz CT molecular complexity index is 1100. The van der Waals surface area contributed by atoms with E-state index < -0.39 is 0 Å². The summed E-state index contributed by atoms with van der Waals surface area (Å²) < 4.78 is 0. The fourth-order valence-electron chi connectivity index (χ4n) is 6.03. The molecule has 1 amide bonds. The quantitative estimate of drug-likeness (QED) is 0.457. The van der Waals surface area contributed by atoms with E-state index in [4.69, 9.17) is 0 Å². The predicted octanol–water partition coefficient (Wildman–Crippen LogP) is 6.08. The molecule has 4 heteroatoms. The van der Waals surface area contributed by atoms with E-state index in [1.54, 1.807) is 6.07 Å². The van der Waals surface area contributed by atoms with Crippen molar-refractivity contribution in [1.29, 1.82) is 0 Å². The number of phenolic OH excluding ortho intramolecular Hbond substituents is 1. The van der Waals surface area contributed by atoms with Gasteiger partial charge in [-0.05, 0) is 42.5 Å². The van der Waals surface area contributed by atoms with Crippen LogP contribution in [0.2, 0.25) is 0 Å². The summed E-state index contributed by atoms with van der Waals surface area (Å²) in [6.45, 7) is 3.35. The molecule has 1 aliphatic carbocycles. The van der Waals surface area contributed by atoms with Crippen molar-refractivity contribution in [3.63, 3.8) is 0 Å². The van der Waals surface area contributed by atoms with Gasteiger partial charge in [-0.1, -0.05) is 86.0 Å². The summed E-state index contributed by atoms with van der Waals surface area (Å²) in [4.78, 5) is 18.4. The lowest BCUT2D eigenvalue weighted by Crippen LogP contribution is -2.45. The lowest BCUT2D eigenvalue weighted by Gasteiger charge is -2.37. The minimum Gasteiger partial charge on any atom is -0.508 e. The molecule has 1 N–H and O–H groups in total. The molecule has 0 bridgehead atoms. The highest BCUT2D eigenvalue weighted by Gasteiger charge is 2.38. The molecule has 2 atom stereocenters. The van der Waals surface area contributed by atoms with E-state index in [0.717, 1.165) is 50.1 Å². The van der Waals surface area contributed by atoms with Gasteiger partial charge >= 0.3 is 0 Å². The Kier molecular flexibility index (Phi) is 7.48. The fraction of sp³-hybridized carbons (Fsp3) is 0.387. The van der Waals surface area contributed by atoms with Crippen molar-refractivity contribution in [2.24, 2.45) is 5.92 Å². The van der Waals surface area contributed by atoms with Crippen molar-refractivity contribution in [2.75, 3.05) is 19.6 Å². The molecule has 3 aromatic carbocycles. The van der Waals surface area contributed by atoms with Crippen LogP contribution >= 0.6 is 0 Å². The Morgan fingerprint density at radius 3 is 2.20 bits per heavy atom. The number of nitrogens with zero attached hydrogens (tertiary/aromatic N) is 2. The number of likely N-dealkylation sites (tertiary alicyclic amines) is 1. The average molecular weight is 469 g/mol. The highest BCUT2D eigenvalue weighted by molar-refractivity contribution is 5.94. The van der Waals surface area contributed by atoms with Gasteiger partial charge in [0.25, 0.3) is 5.91 Å². The summed E-state index contributed by atoms with van der Waals surface area (Å²) in [5, 5.41) is 10.4. The van der Waals surface area contributed by atoms with Crippen LogP contribution < -0.4 is 0 Å². The van der Waals surface area contributed by atoms with Crippen LogP contribution in [0.1, 0.15) is 59.5 Å². The smallest absolute Gasteiger partial charge is 0.254 e. The number of para-hydroxylation sites is 1. The fourth-order valence-corrected chi connectivity index (χ4v) is 6.03. The van der Waals surface area contributed by atoms with Gasteiger partial charge in [-0.2, -0.15) is 0 Å². The largest absolute Gasteiger partial charge is 0.508 e. The minimum atomic E-state index is 0.170. The van der Waals surface area contributed by atoms with Gasteiger partial charge in [0.05, 0.1) is 0 Å². The van der Waals surface area contributed by atoms with Gasteiger partial charge in [-0.3, -0.25) is 9.69 Å². The maximum absolute atomic E-state index is 13.8. The monoisotopic (exact) mass is 468 g/mol. The number of rotatable bonds is 7. The first-order valence-corrected chi connectivity index (χ1v) is 13.1. The predicted molar refractivity (Wildman–Crippen MR) is 140 cm³/mol. The number of hydrogen-bond acceptors (Lipinski definition) is 3. The van der Waals surface area contributed by atoms with Crippen molar-refractivity contribution < 1.29 is 9.90 Å². The van der Waals surface area contributed by atoms with Crippen LogP contribution in [-0.2, 0) is 6.54 Å². The third-order valence-corrected chi connectivity index (χ3v) is 7.86. The van der Waals surface area contributed by atoms with E-state index >= 15 is 0 Å². The number of aromatic hydroxyl groups is 1. The normalized spacial score (nSPS) is 21.1. The molecule has 0 radical (unpaired) electrons. The number of carbonyl (C=O) groups excluding carboxylic acids is 1. The van der Waals surface area contributed by atoms with E-state index in [0.29, 0.717) is 23.6 Å². The first-order chi connectivity index (χ1) is 17.2. The van der Waals surface area contributed by atoms with Crippen molar-refractivity contribution >= 4 is 5.91 Å². The number of hydrogen-bond donors (Lipinski definition) is 1. The molecule has 0 aromatic heterocycles. The highest BCUT2D eigenvalue weighted by atomic mass is 16.3. The molecule has 1 heterocycles. The van der Waals surface area contributed by atoms with Crippen LogP contribution in [0, 0.1) is 5.92 Å². The molecule has 1 aliphatic heterocycles. The van der Waals surface area contributed by atoms with Gasteiger partial charge in [-0.25, -0.2) is 0 Å². The Labute approximate surface area is 209 Å². The first-order valence-electron chi connectivity index (χ1n) is 13.1. The van der Waals surface area contributed by atoms with Gasteiger partial charge in [0.1, 0.15) is 5.75 Å². The second kappa shape index (κ2) is 11.1. The van der Waals surface area contributed by atoms with Gasteiger partial charge in [0, 0.05) is 49.3 Å². The Hall–Kier alpha value is -3.11. The summed E-state index contributed by atoms with van der Waals surface area (Å²) in [5.74, 6) is 1.23. The maximum atomic E-state index is 13.8. The summed E-state index contributed by atoms with van der Waals surface area (Å²) in [5.41, 5.74) is 3.09. The Morgan fingerprint density at radius 1 is 0.829 bits per heavy atom. The lowest BCUT2D eigenvalue weighted by molar-refractivity contribution is 0.0588. The number of carbonyl (C=O) groups is 1. The second-order valence-corrected chi connectivity index (χ2v) is 10.2. The SMILES string of the molecule is O=C(c1ccccc1)N(C[C@@H]1CN(Cc2ccccc2O)C[C@H]1c1ccccc1)C1CCCCC1. The van der Waals surface area contributed by atoms with E-state index in [1.165, 1.54) is 24.8 Å². The second-order valence-electron chi connectivity index (χ2n) is 10.2. The van der Waals surface area contributed by atoms with Crippen molar-refractivity contribution in [2.45, 2.75) is 50.6 Å². The van der Waals surface area contributed by atoms with Gasteiger partial charge in [0.2, 0.25) is 0 Å². The molecule has 0 unspecified atom stereocenters. The maximum Gasteiger partial charge on any atom is 0.254 e. The van der Waals surface area contributed by atoms with Crippen LogP contribution in [-0.4, -0.2) is 46.5 Å². The summed E-state index contributed by atoms with van der Waals surface area (Å²) >= 11 is 0. The number of amides is 1. The van der Waals surface area contributed by atoms with Gasteiger partial charge in [-0.15, -0.1) is 0 Å². The number of phenols is 1. The van der Waals surface area contributed by atoms with E-state index in [1.807, 2.05) is 48.5 Å². The molecule has 35 heavy (non-hydrogen) atoms. The molecule has 4 nitrogen and oxygen atoms in total. The zero-order valence-corrected chi connectivity index (χ0v) is 20.4. The van der Waals surface area contributed by atoms with Crippen molar-refractivity contribution in [3.8, 4) is 5.75 Å². The van der Waals surface area contributed by atoms with Crippen molar-refractivity contribution in [1.82, 2.24) is 9.80 Å². The Morgan fingerprint density at radius 2 is 1.49 bits per heavy atom. The molecule has 2 fully saturated rings. The molecule has 3 aromatic rings. The van der Waals surface area contributed by atoms with E-state index in [2.05, 4.69) is 40.1 Å². The summed E-state index contributed by atoms with van der Waals surface area (Å²) in [6, 6.07) is 28.5. The van der Waals surface area contributed by atoms with Crippen LogP contribution in [0.15, 0.2) is 84.9 Å². The van der Waals surface area contributed by atoms with Crippen LogP contribution in [0.4, 0.5) is 0 Å². The molecule has 1 saturated carbocycles. The third kappa shape index (κ3) is 5.59. The summed E-state index contributed by atoms with van der Waals surface area (Å²) in [7, 11) is 0. The van der Waals surface area contributed by atoms with Crippen molar-refractivity contribution in [3.05, 3.63) is 102 Å². The standard InChI is InChI=1S/C31H36N2O2/c34-30-19-11-10-16-26(30)20-32-21-27(29(23-32)24-12-4-1-5-13-24)22-33(28-17-8-3-9-18-28)31(35)25-14-6-2-7-15-25/h1-2,4-7,10-16,19,27-29,34H,3,8-9,17-18,20-23H2/t27-,29-/m0/s1. The minimum absolute atomic E-state index is 0.170. The molecular weight excluding hydrogens is 432 g/mol. The van der Waals surface area contributed by atoms with Crippen LogP contribution in [0.5, 0.6) is 5.75 Å². The molecule has 5 rings (SSSR count). The molecule has 2 aliphatic rings. The van der Waals surface area contributed by atoms with Crippen LogP contribution in [0.25, 0.3) is 0 Å². The molecule has 0 spiro atoms.